The molecule has 1 N–H and O–H groups in total. The molecule has 1 saturated heterocycles. The van der Waals surface area contributed by atoms with Crippen molar-refractivity contribution in [1.29, 1.82) is 0 Å². The summed E-state index contributed by atoms with van der Waals surface area (Å²) in [5.41, 5.74) is 0.193. The van der Waals surface area contributed by atoms with Gasteiger partial charge >= 0.3 is 18.0 Å². The molecular formula is C26H41NO7Si. The van der Waals surface area contributed by atoms with E-state index in [1.807, 2.05) is 30.3 Å². The summed E-state index contributed by atoms with van der Waals surface area (Å²) >= 11 is 0. The zero-order valence-corrected chi connectivity index (χ0v) is 23.5. The van der Waals surface area contributed by atoms with Crippen LogP contribution in [0.1, 0.15) is 54.0 Å². The van der Waals surface area contributed by atoms with Gasteiger partial charge in [0.1, 0.15) is 18.3 Å². The number of benzene rings is 1. The zero-order chi connectivity index (χ0) is 26.6. The first-order chi connectivity index (χ1) is 16.0. The van der Waals surface area contributed by atoms with E-state index in [0.717, 1.165) is 5.56 Å². The van der Waals surface area contributed by atoms with Crippen molar-refractivity contribution in [3.05, 3.63) is 35.9 Å². The van der Waals surface area contributed by atoms with Gasteiger partial charge in [-0.3, -0.25) is 4.79 Å². The Balaban J connectivity index is 2.38. The fraction of sp³-hybridized carbons (Fsp3) is 0.654. The molecule has 1 amide bonds. The van der Waals surface area contributed by atoms with Crippen LogP contribution in [-0.2, 0) is 34.6 Å². The van der Waals surface area contributed by atoms with E-state index in [-0.39, 0.29) is 11.6 Å². The van der Waals surface area contributed by atoms with E-state index in [9.17, 15) is 14.4 Å². The smallest absolute Gasteiger partial charge is 0.408 e. The molecule has 8 nitrogen and oxygen atoms in total. The van der Waals surface area contributed by atoms with Crippen LogP contribution in [0.3, 0.4) is 0 Å². The van der Waals surface area contributed by atoms with Gasteiger partial charge in [0, 0.05) is 0 Å². The maximum Gasteiger partial charge on any atom is 0.408 e. The first-order valence-corrected chi connectivity index (χ1v) is 15.0. The van der Waals surface area contributed by atoms with Gasteiger partial charge in [0.15, 0.2) is 14.4 Å². The van der Waals surface area contributed by atoms with E-state index < -0.39 is 56.1 Å². The summed E-state index contributed by atoms with van der Waals surface area (Å²) in [5, 5.41) is 2.34. The van der Waals surface area contributed by atoms with Crippen molar-refractivity contribution in [2.75, 3.05) is 6.61 Å². The van der Waals surface area contributed by atoms with Gasteiger partial charge in [0.2, 0.25) is 0 Å². The number of ether oxygens (including phenoxy) is 3. The number of carbonyl (C=O) groups excluding carboxylic acids is 3. The predicted octanol–water partition coefficient (Wildman–Crippen LogP) is 4.62. The van der Waals surface area contributed by atoms with E-state index in [4.69, 9.17) is 18.6 Å². The number of alkyl carbamates (subject to hydrolysis) is 1. The summed E-state index contributed by atoms with van der Waals surface area (Å²) in [7, 11) is -2.36. The van der Waals surface area contributed by atoms with Crippen molar-refractivity contribution in [2.24, 2.45) is 5.92 Å². The van der Waals surface area contributed by atoms with E-state index in [2.05, 4.69) is 39.2 Å². The van der Waals surface area contributed by atoms with Gasteiger partial charge in [-0.15, -0.1) is 0 Å². The highest BCUT2D eigenvalue weighted by molar-refractivity contribution is 6.74. The van der Waals surface area contributed by atoms with E-state index in [1.165, 1.54) is 0 Å². The summed E-state index contributed by atoms with van der Waals surface area (Å²) in [6.45, 7) is 17.0. The van der Waals surface area contributed by atoms with Gasteiger partial charge in [0.25, 0.3) is 0 Å². The number of rotatable bonds is 5. The van der Waals surface area contributed by atoms with Gasteiger partial charge in [-0.05, 0) is 57.8 Å². The van der Waals surface area contributed by atoms with Crippen LogP contribution in [-0.4, -0.2) is 56.8 Å². The second-order valence-corrected chi connectivity index (χ2v) is 16.4. The predicted molar refractivity (Wildman–Crippen MR) is 135 cm³/mol. The molecule has 0 aliphatic carbocycles. The number of nitrogens with one attached hydrogen (secondary N) is 1. The lowest BCUT2D eigenvalue weighted by atomic mass is 9.91. The average molecular weight is 508 g/mol. The number of amides is 1. The molecule has 0 unspecified atom stereocenters. The maximum atomic E-state index is 13.4. The molecule has 0 spiro atoms. The summed E-state index contributed by atoms with van der Waals surface area (Å²) < 4.78 is 23.3. The monoisotopic (exact) mass is 507 g/mol. The maximum absolute atomic E-state index is 13.4. The highest BCUT2D eigenvalue weighted by Crippen LogP contribution is 2.39. The Morgan fingerprint density at radius 1 is 1.06 bits per heavy atom. The average Bonchev–Trinajstić information content (AvgIpc) is 2.74. The molecule has 1 aromatic carbocycles. The van der Waals surface area contributed by atoms with Crippen molar-refractivity contribution >= 4 is 26.3 Å². The van der Waals surface area contributed by atoms with Gasteiger partial charge in [-0.1, -0.05) is 51.1 Å². The van der Waals surface area contributed by atoms with Crippen molar-refractivity contribution in [3.63, 3.8) is 0 Å². The second-order valence-electron chi connectivity index (χ2n) is 11.6. The van der Waals surface area contributed by atoms with E-state index >= 15 is 0 Å². The Hall–Kier alpha value is -2.39. The van der Waals surface area contributed by atoms with Crippen LogP contribution in [0, 0.1) is 5.92 Å². The van der Waals surface area contributed by atoms with Gasteiger partial charge in [-0.25, -0.2) is 9.59 Å². The van der Waals surface area contributed by atoms with Gasteiger partial charge in [0.05, 0.1) is 12.0 Å². The number of carbonyl (C=O) groups is 3. The molecule has 1 aliphatic rings. The normalized spacial score (nSPS) is 24.4. The molecule has 1 heterocycles. The topological polar surface area (TPSA) is 100 Å². The Labute approximate surface area is 210 Å². The Bertz CT molecular complexity index is 889. The fourth-order valence-corrected chi connectivity index (χ4v) is 4.84. The van der Waals surface area contributed by atoms with Crippen molar-refractivity contribution < 1.29 is 33.0 Å². The fourth-order valence-electron chi connectivity index (χ4n) is 3.45. The van der Waals surface area contributed by atoms with Gasteiger partial charge < -0.3 is 24.0 Å². The third kappa shape index (κ3) is 8.35. The molecule has 35 heavy (non-hydrogen) atoms. The largest absolute Gasteiger partial charge is 0.463 e. The highest BCUT2D eigenvalue weighted by atomic mass is 28.4. The van der Waals surface area contributed by atoms with Crippen LogP contribution in [0.15, 0.2) is 30.3 Å². The second kappa shape index (κ2) is 11.1. The lowest BCUT2D eigenvalue weighted by Crippen LogP contribution is -2.52. The highest BCUT2D eigenvalue weighted by Gasteiger charge is 2.46. The number of esters is 2. The van der Waals surface area contributed by atoms with Crippen LogP contribution in [0.4, 0.5) is 4.79 Å². The van der Waals surface area contributed by atoms with Crippen LogP contribution < -0.4 is 5.32 Å². The van der Waals surface area contributed by atoms with Crippen molar-refractivity contribution in [3.8, 4) is 0 Å². The van der Waals surface area contributed by atoms with Crippen molar-refractivity contribution in [2.45, 2.75) is 96.9 Å². The summed E-state index contributed by atoms with van der Waals surface area (Å²) in [6, 6.07) is 8.40. The molecule has 196 valence electrons. The van der Waals surface area contributed by atoms with Crippen LogP contribution in [0.2, 0.25) is 18.1 Å². The van der Waals surface area contributed by atoms with Crippen LogP contribution in [0.5, 0.6) is 0 Å². The molecule has 9 heteroatoms. The molecule has 0 bridgehead atoms. The minimum atomic E-state index is -2.36. The summed E-state index contributed by atoms with van der Waals surface area (Å²) in [6.07, 6.45) is -1.89. The van der Waals surface area contributed by atoms with Gasteiger partial charge in [-0.2, -0.15) is 0 Å². The molecule has 0 radical (unpaired) electrons. The zero-order valence-electron chi connectivity index (χ0n) is 22.5. The lowest BCUT2D eigenvalue weighted by molar-refractivity contribution is -0.158. The molecule has 1 aliphatic heterocycles. The quantitative estimate of drug-likeness (QED) is 0.353. The van der Waals surface area contributed by atoms with Crippen LogP contribution in [0.25, 0.3) is 0 Å². The van der Waals surface area contributed by atoms with E-state index in [0.29, 0.717) is 6.42 Å². The molecule has 1 fully saturated rings. The molecule has 0 aromatic heterocycles. The third-order valence-electron chi connectivity index (χ3n) is 6.37. The molecular weight excluding hydrogens is 466 g/mol. The minimum absolute atomic E-state index is 0.128. The third-order valence-corrected chi connectivity index (χ3v) is 10.8. The number of hydrogen-bond donors (Lipinski definition) is 1. The first-order valence-electron chi connectivity index (χ1n) is 12.1. The number of cyclic esters (lactones) is 2. The Morgan fingerprint density at radius 3 is 2.20 bits per heavy atom. The Kier molecular flexibility index (Phi) is 9.16. The van der Waals surface area contributed by atoms with Crippen molar-refractivity contribution in [1.82, 2.24) is 5.32 Å². The molecule has 1 aromatic rings. The summed E-state index contributed by atoms with van der Waals surface area (Å²) in [4.78, 5) is 38.7. The molecule has 0 saturated carbocycles. The molecule has 4 atom stereocenters. The SMILES string of the molecule is C[C@@H]1OC(=O)[C@@H](NC(=O)OC(C)(C)C)COC(=O)[C@H](Cc2ccccc2)[C@H]1O[Si](C)(C)C(C)(C)C. The van der Waals surface area contributed by atoms with E-state index in [1.54, 1.807) is 27.7 Å². The summed E-state index contributed by atoms with van der Waals surface area (Å²) in [5.74, 6) is -1.91. The lowest BCUT2D eigenvalue weighted by Gasteiger charge is -2.42. The Morgan fingerprint density at radius 2 is 1.66 bits per heavy atom. The molecule has 2 rings (SSSR count). The minimum Gasteiger partial charge on any atom is -0.463 e. The standard InChI is InChI=1S/C26H41NO7Si/c1-17-21(34-35(8,9)26(5,6)7)19(15-18-13-11-10-12-14-18)22(28)31-16-20(23(29)32-17)27-24(30)33-25(2,3)4/h10-14,17,19-21H,15-16H2,1-9H3,(H,27,30)/t17-,19+,20-,21-/m0/s1. The van der Waals surface area contributed by atoms with Crippen LogP contribution >= 0.6 is 0 Å². The number of hydrogen-bond acceptors (Lipinski definition) is 7. The first kappa shape index (κ1) is 28.8.